The number of thiocarbonyl (C=S) groups is 1. The van der Waals surface area contributed by atoms with Crippen molar-refractivity contribution in [2.24, 2.45) is 0 Å². The van der Waals surface area contributed by atoms with E-state index in [9.17, 15) is 9.90 Å². The Kier molecular flexibility index (Phi) is 9.27. The van der Waals surface area contributed by atoms with Crippen molar-refractivity contribution >= 4 is 23.4 Å². The molecule has 5 nitrogen and oxygen atoms in total. The minimum absolute atomic E-state index is 0.0978. The van der Waals surface area contributed by atoms with Crippen LogP contribution in [0.4, 0.5) is 0 Å². The van der Waals surface area contributed by atoms with Crippen molar-refractivity contribution in [2.45, 2.75) is 38.2 Å². The number of aromatic carboxylic acids is 1. The second kappa shape index (κ2) is 12.6. The number of hydrogen-bond donors (Lipinski definition) is 3. The van der Waals surface area contributed by atoms with Gasteiger partial charge in [0.2, 0.25) is 0 Å². The van der Waals surface area contributed by atoms with Gasteiger partial charge < -0.3 is 20.3 Å². The van der Waals surface area contributed by atoms with Crippen molar-refractivity contribution in [3.8, 4) is 5.75 Å². The summed E-state index contributed by atoms with van der Waals surface area (Å²) >= 11 is 5.44. The maximum atomic E-state index is 11.1. The van der Waals surface area contributed by atoms with Crippen LogP contribution in [0.1, 0.15) is 39.9 Å². The van der Waals surface area contributed by atoms with Crippen LogP contribution >= 0.6 is 12.2 Å². The zero-order valence-corrected chi connectivity index (χ0v) is 19.3. The van der Waals surface area contributed by atoms with Gasteiger partial charge in [0.1, 0.15) is 17.4 Å². The van der Waals surface area contributed by atoms with Gasteiger partial charge in [0, 0.05) is 6.54 Å². The van der Waals surface area contributed by atoms with E-state index >= 15 is 0 Å². The Morgan fingerprint density at radius 2 is 1.42 bits per heavy atom. The number of ether oxygens (including phenoxy) is 1. The lowest BCUT2D eigenvalue weighted by atomic mass is 10.00. The number of phenols is 1. The molecule has 0 heterocycles. The topological polar surface area (TPSA) is 78.8 Å². The molecule has 3 N–H and O–H groups in total. The van der Waals surface area contributed by atoms with Crippen LogP contribution in [0.2, 0.25) is 0 Å². The predicted octanol–water partition coefficient (Wildman–Crippen LogP) is 5.16. The summed E-state index contributed by atoms with van der Waals surface area (Å²) in [6.45, 7) is 0.693. The summed E-state index contributed by atoms with van der Waals surface area (Å²) in [4.78, 5) is 11.1. The number of carboxylic acid groups (broad SMARTS) is 1. The van der Waals surface area contributed by atoms with E-state index in [0.717, 1.165) is 24.8 Å². The van der Waals surface area contributed by atoms with E-state index in [1.54, 1.807) is 6.07 Å². The molecule has 6 heteroatoms. The average Bonchev–Trinajstić information content (AvgIpc) is 2.82. The van der Waals surface area contributed by atoms with Crippen LogP contribution in [0.25, 0.3) is 0 Å². The maximum Gasteiger partial charge on any atom is 0.339 e. The van der Waals surface area contributed by atoms with Crippen LogP contribution < -0.4 is 5.32 Å². The molecule has 1 atom stereocenters. The van der Waals surface area contributed by atoms with Gasteiger partial charge in [-0.15, -0.1) is 0 Å². The molecular weight excluding hydrogens is 434 g/mol. The van der Waals surface area contributed by atoms with E-state index in [-0.39, 0.29) is 17.4 Å². The van der Waals surface area contributed by atoms with Gasteiger partial charge >= 0.3 is 5.97 Å². The lowest BCUT2D eigenvalue weighted by molar-refractivity contribution is 0.0693. The normalized spacial score (nSPS) is 11.5. The zero-order valence-electron chi connectivity index (χ0n) is 18.4. The Labute approximate surface area is 200 Å². The molecule has 0 fully saturated rings. The second-order valence-corrected chi connectivity index (χ2v) is 8.28. The van der Waals surface area contributed by atoms with E-state index in [1.807, 2.05) is 36.4 Å². The molecule has 0 bridgehead atoms. The molecule has 0 amide bonds. The molecule has 3 aromatic carbocycles. The summed E-state index contributed by atoms with van der Waals surface area (Å²) in [6, 6.07) is 25.1. The van der Waals surface area contributed by atoms with E-state index < -0.39 is 5.97 Å². The molecule has 0 aliphatic rings. The summed E-state index contributed by atoms with van der Waals surface area (Å²) < 4.78 is 6.09. The Morgan fingerprint density at radius 1 is 0.848 bits per heavy atom. The van der Waals surface area contributed by atoms with Crippen LogP contribution in [0.3, 0.4) is 0 Å². The van der Waals surface area contributed by atoms with E-state index in [2.05, 4.69) is 29.6 Å². The number of benzene rings is 3. The van der Waals surface area contributed by atoms with Crippen molar-refractivity contribution in [1.82, 2.24) is 5.32 Å². The van der Waals surface area contributed by atoms with Crippen LogP contribution in [0, 0.1) is 0 Å². The van der Waals surface area contributed by atoms with Gasteiger partial charge in [0.05, 0.1) is 0 Å². The monoisotopic (exact) mass is 463 g/mol. The first-order valence-corrected chi connectivity index (χ1v) is 11.5. The molecule has 0 saturated carbocycles. The number of hydrogen-bond acceptors (Lipinski definition) is 4. The number of aromatic hydroxyl groups is 1. The standard InChI is InChI=1S/C27H29NO4S/c29-25-19-22(13-16-24(25)26(30)31)12-15-23(14-11-20-7-3-1-4-8-20)32-27(33)28-18-17-21-9-5-2-6-10-21/h1-10,13,16,19,23,29H,11-12,14-15,17-18H2,(H,28,33)(H,30,31). The quantitative estimate of drug-likeness (QED) is 0.341. The first kappa shape index (κ1) is 24.3. The van der Waals surface area contributed by atoms with E-state index in [1.165, 1.54) is 23.3 Å². The van der Waals surface area contributed by atoms with Gasteiger partial charge in [0.15, 0.2) is 0 Å². The molecular formula is C27H29NO4S. The number of carbonyl (C=O) groups is 1. The first-order chi connectivity index (χ1) is 16.0. The molecule has 0 aliphatic heterocycles. The second-order valence-electron chi connectivity index (χ2n) is 7.91. The lowest BCUT2D eigenvalue weighted by Gasteiger charge is -2.20. The zero-order chi connectivity index (χ0) is 23.5. The summed E-state index contributed by atoms with van der Waals surface area (Å²) in [5, 5.41) is 22.6. The predicted molar refractivity (Wildman–Crippen MR) is 134 cm³/mol. The van der Waals surface area contributed by atoms with E-state index in [0.29, 0.717) is 24.6 Å². The Morgan fingerprint density at radius 3 is 2.00 bits per heavy atom. The number of rotatable bonds is 11. The van der Waals surface area contributed by atoms with Gasteiger partial charge in [-0.25, -0.2) is 4.79 Å². The van der Waals surface area contributed by atoms with Crippen LogP contribution in [0.15, 0.2) is 78.9 Å². The van der Waals surface area contributed by atoms with Crippen molar-refractivity contribution in [2.75, 3.05) is 6.54 Å². The number of aryl methyl sites for hydroxylation is 2. The Bertz CT molecular complexity index is 1040. The minimum Gasteiger partial charge on any atom is -0.507 e. The Hall–Kier alpha value is -3.38. The van der Waals surface area contributed by atoms with Crippen molar-refractivity contribution in [3.05, 3.63) is 101 Å². The Balaban J connectivity index is 1.56. The van der Waals surface area contributed by atoms with Crippen molar-refractivity contribution in [1.29, 1.82) is 0 Å². The molecule has 172 valence electrons. The summed E-state index contributed by atoms with van der Waals surface area (Å²) in [5.41, 5.74) is 3.23. The van der Waals surface area contributed by atoms with Gasteiger partial charge in [-0.05, 0) is 73.1 Å². The van der Waals surface area contributed by atoms with Gasteiger partial charge in [-0.3, -0.25) is 0 Å². The fourth-order valence-electron chi connectivity index (χ4n) is 3.62. The van der Waals surface area contributed by atoms with Gasteiger partial charge in [-0.2, -0.15) is 0 Å². The lowest BCUT2D eigenvalue weighted by Crippen LogP contribution is -2.31. The van der Waals surface area contributed by atoms with Crippen LogP contribution in [0.5, 0.6) is 5.75 Å². The van der Waals surface area contributed by atoms with Crippen molar-refractivity contribution < 1.29 is 19.7 Å². The van der Waals surface area contributed by atoms with Crippen molar-refractivity contribution in [3.63, 3.8) is 0 Å². The molecule has 1 unspecified atom stereocenters. The molecule has 3 rings (SSSR count). The highest BCUT2D eigenvalue weighted by molar-refractivity contribution is 7.80. The SMILES string of the molecule is O=C(O)c1ccc(CCC(CCc2ccccc2)OC(=S)NCCc2ccccc2)cc1O. The number of carboxylic acids is 1. The largest absolute Gasteiger partial charge is 0.507 e. The summed E-state index contributed by atoms with van der Waals surface area (Å²) in [5.74, 6) is -1.37. The smallest absolute Gasteiger partial charge is 0.339 e. The highest BCUT2D eigenvalue weighted by Gasteiger charge is 2.15. The summed E-state index contributed by atoms with van der Waals surface area (Å²) in [6.07, 6.45) is 3.74. The fourth-order valence-corrected chi connectivity index (χ4v) is 3.86. The highest BCUT2D eigenvalue weighted by Crippen LogP contribution is 2.21. The highest BCUT2D eigenvalue weighted by atomic mass is 32.1. The van der Waals surface area contributed by atoms with Gasteiger partial charge in [0.25, 0.3) is 5.17 Å². The molecule has 0 saturated heterocycles. The van der Waals surface area contributed by atoms with E-state index in [4.69, 9.17) is 22.1 Å². The third-order valence-electron chi connectivity index (χ3n) is 5.44. The van der Waals surface area contributed by atoms with Crippen LogP contribution in [-0.2, 0) is 24.0 Å². The molecule has 33 heavy (non-hydrogen) atoms. The third-order valence-corrected chi connectivity index (χ3v) is 5.69. The average molecular weight is 464 g/mol. The molecule has 0 spiro atoms. The molecule has 0 aliphatic carbocycles. The minimum atomic E-state index is -1.14. The molecule has 0 radical (unpaired) electrons. The molecule has 3 aromatic rings. The first-order valence-electron chi connectivity index (χ1n) is 11.1. The molecule has 0 aromatic heterocycles. The van der Waals surface area contributed by atoms with Gasteiger partial charge in [-0.1, -0.05) is 66.7 Å². The van der Waals surface area contributed by atoms with Crippen LogP contribution in [-0.4, -0.2) is 34.0 Å². The fraction of sp³-hybridized carbons (Fsp3) is 0.259. The maximum absolute atomic E-state index is 11.1. The number of nitrogens with one attached hydrogen (secondary N) is 1. The summed E-state index contributed by atoms with van der Waals surface area (Å²) in [7, 11) is 0. The third kappa shape index (κ3) is 8.24.